The van der Waals surface area contributed by atoms with Crippen LogP contribution in [0.3, 0.4) is 0 Å². The molecule has 0 aromatic heterocycles. The summed E-state index contributed by atoms with van der Waals surface area (Å²) < 4.78 is 37.0. The molecule has 9 nitrogen and oxygen atoms in total. The Bertz CT molecular complexity index is 867. The van der Waals surface area contributed by atoms with Gasteiger partial charge in [0.15, 0.2) is 11.5 Å². The lowest BCUT2D eigenvalue weighted by Gasteiger charge is -2.16. The molecule has 0 radical (unpaired) electrons. The second-order valence-corrected chi connectivity index (χ2v) is 7.48. The molecule has 2 rings (SSSR count). The van der Waals surface area contributed by atoms with Gasteiger partial charge in [-0.3, -0.25) is 9.59 Å². The number of nitrogens with one attached hydrogen (secondary N) is 2. The van der Waals surface area contributed by atoms with Crippen LogP contribution in [-0.4, -0.2) is 32.9 Å². The van der Waals surface area contributed by atoms with Gasteiger partial charge in [0, 0.05) is 18.2 Å². The Morgan fingerprint density at radius 1 is 1.23 bits per heavy atom. The van der Waals surface area contributed by atoms with Crippen molar-refractivity contribution in [1.29, 1.82) is 0 Å². The first kappa shape index (κ1) is 20.0. The summed E-state index contributed by atoms with van der Waals surface area (Å²) in [6, 6.07) is 0.0933. The maximum absolute atomic E-state index is 12.5. The molecule has 1 aromatic rings. The second-order valence-electron chi connectivity index (χ2n) is 5.45. The lowest BCUT2D eigenvalue weighted by Crippen LogP contribution is -2.39. The summed E-state index contributed by atoms with van der Waals surface area (Å²) in [5.41, 5.74) is 0.000778. The zero-order valence-corrected chi connectivity index (χ0v) is 15.6. The van der Waals surface area contributed by atoms with Crippen molar-refractivity contribution in [3.05, 3.63) is 16.7 Å². The number of hydrogen-bond donors (Lipinski definition) is 2. The van der Waals surface area contributed by atoms with E-state index >= 15 is 0 Å². The van der Waals surface area contributed by atoms with Crippen LogP contribution >= 0.6 is 11.6 Å². The summed E-state index contributed by atoms with van der Waals surface area (Å²) in [6.07, 6.45) is 0.132. The molecule has 26 heavy (non-hydrogen) atoms. The fourth-order valence-corrected chi connectivity index (χ4v) is 3.61. The van der Waals surface area contributed by atoms with Gasteiger partial charge >= 0.3 is 18.0 Å². The van der Waals surface area contributed by atoms with Gasteiger partial charge in [-0.25, -0.2) is 17.9 Å². The number of rotatable bonds is 4. The molecule has 1 aliphatic rings. The molecule has 0 fully saturated rings. The molecule has 0 spiro atoms. The number of hydrogen-bond acceptors (Lipinski definition) is 7. The molecule has 2 amide bonds. The smallest absolute Gasteiger partial charge is 0.328 e. The monoisotopic (exact) mass is 404 g/mol. The predicted molar refractivity (Wildman–Crippen MR) is 90.7 cm³/mol. The fraction of sp³-hybridized carbons (Fsp3) is 0.400. The summed E-state index contributed by atoms with van der Waals surface area (Å²) in [4.78, 5) is 34.8. The number of ether oxygens (including phenoxy) is 2. The maximum atomic E-state index is 12.5. The normalized spacial score (nSPS) is 14.4. The van der Waals surface area contributed by atoms with Crippen LogP contribution in [0, 0.1) is 6.92 Å². The first-order valence-corrected chi connectivity index (χ1v) is 9.57. The Balaban J connectivity index is 2.51. The number of carbonyl (C=O) groups excluding carboxylic acids is 3. The van der Waals surface area contributed by atoms with E-state index in [1.54, 1.807) is 6.92 Å². The minimum Gasteiger partial charge on any atom is -0.425 e. The highest BCUT2D eigenvalue weighted by Crippen LogP contribution is 2.41. The number of benzene rings is 1. The third-order valence-electron chi connectivity index (χ3n) is 3.41. The van der Waals surface area contributed by atoms with E-state index in [-0.39, 0.29) is 41.5 Å². The molecule has 1 aliphatic heterocycles. The molecule has 0 atom stereocenters. The molecule has 2 bridgehead atoms. The van der Waals surface area contributed by atoms with Crippen LogP contribution in [0.4, 0.5) is 4.79 Å². The van der Waals surface area contributed by atoms with E-state index in [9.17, 15) is 22.8 Å². The van der Waals surface area contributed by atoms with E-state index in [0.29, 0.717) is 6.42 Å². The first-order valence-electron chi connectivity index (χ1n) is 7.70. The molecular formula is C15H17ClN2O7S. The average Bonchev–Trinajstić information content (AvgIpc) is 2.59. The lowest BCUT2D eigenvalue weighted by molar-refractivity contribution is -0.140. The van der Waals surface area contributed by atoms with E-state index in [1.807, 2.05) is 4.72 Å². The Hall–Kier alpha value is -2.33. The SMILES string of the molecule is CCCNC(=O)NS(=O)(=O)c1cc2c(Cl)c(c1C)OC(=O)CCC(=O)O2. The summed E-state index contributed by atoms with van der Waals surface area (Å²) in [7, 11) is -4.34. The fourth-order valence-electron chi connectivity index (χ4n) is 2.15. The number of sulfonamides is 1. The predicted octanol–water partition coefficient (Wildman–Crippen LogP) is 1.65. The highest BCUT2D eigenvalue weighted by Gasteiger charge is 2.29. The van der Waals surface area contributed by atoms with Crippen LogP contribution in [0.5, 0.6) is 11.5 Å². The number of urea groups is 1. The van der Waals surface area contributed by atoms with Gasteiger partial charge in [0.2, 0.25) is 0 Å². The van der Waals surface area contributed by atoms with Crippen LogP contribution in [-0.2, 0) is 19.6 Å². The van der Waals surface area contributed by atoms with Crippen molar-refractivity contribution in [3.63, 3.8) is 0 Å². The Morgan fingerprint density at radius 3 is 2.46 bits per heavy atom. The van der Waals surface area contributed by atoms with E-state index in [0.717, 1.165) is 6.07 Å². The van der Waals surface area contributed by atoms with Crippen molar-refractivity contribution in [3.8, 4) is 11.5 Å². The molecule has 2 N–H and O–H groups in total. The number of amides is 2. The third kappa shape index (κ3) is 4.44. The maximum Gasteiger partial charge on any atom is 0.328 e. The Morgan fingerprint density at radius 2 is 1.85 bits per heavy atom. The molecule has 0 unspecified atom stereocenters. The summed E-state index contributed by atoms with van der Waals surface area (Å²) >= 11 is 6.08. The van der Waals surface area contributed by atoms with Gasteiger partial charge in [-0.1, -0.05) is 18.5 Å². The van der Waals surface area contributed by atoms with Crippen molar-refractivity contribution in [2.45, 2.75) is 38.0 Å². The van der Waals surface area contributed by atoms with E-state index in [4.69, 9.17) is 21.1 Å². The van der Waals surface area contributed by atoms with Gasteiger partial charge in [-0.05, 0) is 13.3 Å². The molecule has 0 saturated carbocycles. The van der Waals surface area contributed by atoms with Gasteiger partial charge in [-0.2, -0.15) is 0 Å². The highest BCUT2D eigenvalue weighted by atomic mass is 35.5. The number of esters is 2. The Labute approximate surface area is 155 Å². The van der Waals surface area contributed by atoms with Crippen LogP contribution in [0.1, 0.15) is 31.7 Å². The van der Waals surface area contributed by atoms with Gasteiger partial charge in [0.25, 0.3) is 10.0 Å². The first-order chi connectivity index (χ1) is 12.2. The van der Waals surface area contributed by atoms with Gasteiger partial charge in [0.1, 0.15) is 5.02 Å². The van der Waals surface area contributed by atoms with Crippen LogP contribution in [0.25, 0.3) is 0 Å². The average molecular weight is 405 g/mol. The molecule has 1 heterocycles. The second kappa shape index (κ2) is 7.92. The Kier molecular flexibility index (Phi) is 6.09. The van der Waals surface area contributed by atoms with Crippen LogP contribution in [0.15, 0.2) is 11.0 Å². The zero-order valence-electron chi connectivity index (χ0n) is 14.0. The van der Waals surface area contributed by atoms with E-state index in [1.165, 1.54) is 6.92 Å². The topological polar surface area (TPSA) is 128 Å². The van der Waals surface area contributed by atoms with Crippen molar-refractivity contribution >= 4 is 39.6 Å². The molecule has 0 aliphatic carbocycles. The molecule has 1 aromatic carbocycles. The van der Waals surface area contributed by atoms with Crippen molar-refractivity contribution in [2.24, 2.45) is 0 Å². The van der Waals surface area contributed by atoms with Crippen molar-refractivity contribution in [1.82, 2.24) is 10.0 Å². The third-order valence-corrected chi connectivity index (χ3v) is 5.23. The van der Waals surface area contributed by atoms with Gasteiger partial charge in [-0.15, -0.1) is 0 Å². The van der Waals surface area contributed by atoms with Crippen LogP contribution in [0.2, 0.25) is 5.02 Å². The molecule has 11 heteroatoms. The van der Waals surface area contributed by atoms with Crippen molar-refractivity contribution in [2.75, 3.05) is 6.54 Å². The van der Waals surface area contributed by atoms with Gasteiger partial charge < -0.3 is 14.8 Å². The lowest BCUT2D eigenvalue weighted by atomic mass is 10.2. The zero-order chi connectivity index (χ0) is 19.5. The summed E-state index contributed by atoms with van der Waals surface area (Å²) in [5.74, 6) is -2.04. The van der Waals surface area contributed by atoms with E-state index in [2.05, 4.69) is 5.32 Å². The minimum atomic E-state index is -4.34. The number of fused-ring (bicyclic) bond motifs is 2. The molecule has 0 saturated heterocycles. The summed E-state index contributed by atoms with van der Waals surface area (Å²) in [6.45, 7) is 3.45. The van der Waals surface area contributed by atoms with E-state index < -0.39 is 32.9 Å². The van der Waals surface area contributed by atoms with Crippen LogP contribution < -0.4 is 19.5 Å². The highest BCUT2D eigenvalue weighted by molar-refractivity contribution is 7.90. The molecular weight excluding hydrogens is 388 g/mol. The largest absolute Gasteiger partial charge is 0.425 e. The standard InChI is InChI=1S/C15H17ClN2O7S/c1-3-6-17-15(21)18-26(22,23)10-7-9-13(16)14(8(10)2)25-12(20)5-4-11(19)24-9/h7H,3-6H2,1-2H3,(H2,17,18,21). The number of halogens is 1. The van der Waals surface area contributed by atoms with Crippen molar-refractivity contribution < 1.29 is 32.3 Å². The quantitative estimate of drug-likeness (QED) is 0.576. The van der Waals surface area contributed by atoms with Gasteiger partial charge in [0.05, 0.1) is 17.7 Å². The number of carbonyl (C=O) groups is 3. The minimum absolute atomic E-state index is 0.000778. The summed E-state index contributed by atoms with van der Waals surface area (Å²) in [5, 5.41) is 2.16. The molecule has 142 valence electrons.